The van der Waals surface area contributed by atoms with Gasteiger partial charge in [0.15, 0.2) is 0 Å². The fourth-order valence-electron chi connectivity index (χ4n) is 2.09. The molecule has 0 aliphatic carbocycles. The lowest BCUT2D eigenvalue weighted by molar-refractivity contribution is -0.385. The first-order valence-corrected chi connectivity index (χ1v) is 8.10. The Labute approximate surface area is 142 Å². The molecule has 2 aromatic heterocycles. The average Bonchev–Trinajstić information content (AvgIpc) is 3.09. The minimum atomic E-state index is -0.536. The molecule has 1 N–H and O–H groups in total. The van der Waals surface area contributed by atoms with Gasteiger partial charge in [-0.25, -0.2) is 4.98 Å². The normalized spacial score (nSPS) is 10.3. The predicted molar refractivity (Wildman–Crippen MR) is 91.7 cm³/mol. The van der Waals surface area contributed by atoms with Crippen LogP contribution >= 0.6 is 11.3 Å². The summed E-state index contributed by atoms with van der Waals surface area (Å²) in [5.41, 5.74) is -0.271. The van der Waals surface area contributed by atoms with Crippen LogP contribution in [0.2, 0.25) is 0 Å². The van der Waals surface area contributed by atoms with E-state index in [1.165, 1.54) is 11.2 Å². The van der Waals surface area contributed by atoms with Crippen molar-refractivity contribution < 1.29 is 9.66 Å². The van der Waals surface area contributed by atoms with Crippen LogP contribution in [0.3, 0.4) is 0 Å². The van der Waals surface area contributed by atoms with Gasteiger partial charge in [-0.2, -0.15) is 4.98 Å². The molecule has 2 heterocycles. The van der Waals surface area contributed by atoms with Gasteiger partial charge >= 0.3 is 11.6 Å². The van der Waals surface area contributed by atoms with Crippen molar-refractivity contribution in [2.24, 2.45) is 0 Å². The Hall–Kier alpha value is -3.00. The highest BCUT2D eigenvalue weighted by molar-refractivity contribution is 7.09. The molecule has 3 rings (SSSR count). The quantitative estimate of drug-likeness (QED) is 0.517. The maximum atomic E-state index is 11.4. The van der Waals surface area contributed by atoms with Crippen molar-refractivity contribution >= 4 is 22.8 Å². The summed E-state index contributed by atoms with van der Waals surface area (Å²) in [7, 11) is 0. The van der Waals surface area contributed by atoms with E-state index in [-0.39, 0.29) is 17.4 Å². The number of rotatable bonds is 7. The summed E-state index contributed by atoms with van der Waals surface area (Å²) in [6.45, 7) is 0.531. The summed E-state index contributed by atoms with van der Waals surface area (Å²) < 4.78 is 5.53. The van der Waals surface area contributed by atoms with Crippen molar-refractivity contribution in [2.75, 3.05) is 11.9 Å². The van der Waals surface area contributed by atoms with E-state index in [1.54, 1.807) is 35.6 Å². The van der Waals surface area contributed by atoms with E-state index in [2.05, 4.69) is 15.3 Å². The zero-order valence-electron chi connectivity index (χ0n) is 12.6. The predicted octanol–water partition coefficient (Wildman–Crippen LogP) is 3.89. The van der Waals surface area contributed by atoms with E-state index in [9.17, 15) is 10.1 Å². The van der Waals surface area contributed by atoms with Crippen molar-refractivity contribution in [3.8, 4) is 11.6 Å². The highest BCUT2D eigenvalue weighted by atomic mass is 32.1. The van der Waals surface area contributed by atoms with E-state index in [0.717, 1.165) is 6.42 Å². The van der Waals surface area contributed by atoms with Gasteiger partial charge in [0.2, 0.25) is 5.82 Å². The van der Waals surface area contributed by atoms with Crippen LogP contribution in [0.5, 0.6) is 11.6 Å². The van der Waals surface area contributed by atoms with Crippen LogP contribution < -0.4 is 10.1 Å². The molecular formula is C16H14N4O3S. The molecule has 3 aromatic rings. The average molecular weight is 342 g/mol. The van der Waals surface area contributed by atoms with Gasteiger partial charge in [-0.1, -0.05) is 24.3 Å². The Morgan fingerprint density at radius 2 is 2.00 bits per heavy atom. The maximum Gasteiger partial charge on any atom is 0.373 e. The molecule has 7 nitrogen and oxygen atoms in total. The number of thiophene rings is 1. The second kappa shape index (κ2) is 7.51. The summed E-state index contributed by atoms with van der Waals surface area (Å²) in [4.78, 5) is 20.0. The lowest BCUT2D eigenvalue weighted by atomic mass is 10.3. The molecule has 0 fully saturated rings. The van der Waals surface area contributed by atoms with Crippen LogP contribution in [-0.2, 0) is 6.42 Å². The monoisotopic (exact) mass is 342 g/mol. The van der Waals surface area contributed by atoms with Gasteiger partial charge < -0.3 is 10.1 Å². The first-order chi connectivity index (χ1) is 11.7. The molecule has 0 unspecified atom stereocenters. The summed E-state index contributed by atoms with van der Waals surface area (Å²) in [5, 5.41) is 16.4. The number of nitrogens with zero attached hydrogens (tertiary/aromatic N) is 3. The molecule has 0 aliphatic heterocycles. The highest BCUT2D eigenvalue weighted by Gasteiger charge is 2.24. The van der Waals surface area contributed by atoms with Crippen molar-refractivity contribution in [2.45, 2.75) is 6.42 Å². The Balaban J connectivity index is 1.78. The third-order valence-electron chi connectivity index (χ3n) is 3.17. The lowest BCUT2D eigenvalue weighted by Gasteiger charge is -2.09. The number of aromatic nitrogens is 2. The Morgan fingerprint density at radius 3 is 2.71 bits per heavy atom. The lowest BCUT2D eigenvalue weighted by Crippen LogP contribution is -2.09. The van der Waals surface area contributed by atoms with Crippen molar-refractivity contribution in [1.29, 1.82) is 0 Å². The van der Waals surface area contributed by atoms with Gasteiger partial charge in [0, 0.05) is 11.4 Å². The fourth-order valence-corrected chi connectivity index (χ4v) is 2.80. The van der Waals surface area contributed by atoms with Crippen LogP contribution in [-0.4, -0.2) is 21.4 Å². The molecule has 1 aromatic carbocycles. The molecule has 0 bridgehead atoms. The number of para-hydroxylation sites is 1. The van der Waals surface area contributed by atoms with Gasteiger partial charge in [-0.15, -0.1) is 11.3 Å². The zero-order chi connectivity index (χ0) is 16.8. The van der Waals surface area contributed by atoms with E-state index in [1.807, 2.05) is 23.6 Å². The van der Waals surface area contributed by atoms with Crippen LogP contribution in [0.15, 0.2) is 54.2 Å². The standard InChI is InChI=1S/C16H14N4O3S/c21-20(22)14-15(17-9-8-13-7-4-10-24-13)18-11-19-16(14)23-12-5-2-1-3-6-12/h1-7,10-11H,8-9H2,(H,17,18,19). The maximum absolute atomic E-state index is 11.4. The third-order valence-corrected chi connectivity index (χ3v) is 4.11. The van der Waals surface area contributed by atoms with Gasteiger partial charge in [0.1, 0.15) is 12.1 Å². The van der Waals surface area contributed by atoms with Crippen LogP contribution in [0, 0.1) is 10.1 Å². The minimum Gasteiger partial charge on any atom is -0.434 e. The molecule has 122 valence electrons. The largest absolute Gasteiger partial charge is 0.434 e. The molecule has 0 aliphatic rings. The van der Waals surface area contributed by atoms with E-state index < -0.39 is 4.92 Å². The van der Waals surface area contributed by atoms with Gasteiger partial charge in [-0.3, -0.25) is 10.1 Å². The van der Waals surface area contributed by atoms with Crippen LogP contribution in [0.1, 0.15) is 4.88 Å². The van der Waals surface area contributed by atoms with E-state index in [4.69, 9.17) is 4.74 Å². The Morgan fingerprint density at radius 1 is 1.17 bits per heavy atom. The van der Waals surface area contributed by atoms with Crippen molar-refractivity contribution in [3.05, 3.63) is 69.2 Å². The first kappa shape index (κ1) is 15.9. The van der Waals surface area contributed by atoms with Gasteiger partial charge in [0.05, 0.1) is 4.92 Å². The topological polar surface area (TPSA) is 90.2 Å². The first-order valence-electron chi connectivity index (χ1n) is 7.22. The molecule has 0 saturated carbocycles. The molecule has 0 spiro atoms. The number of benzene rings is 1. The van der Waals surface area contributed by atoms with E-state index in [0.29, 0.717) is 12.3 Å². The summed E-state index contributed by atoms with van der Waals surface area (Å²) >= 11 is 1.64. The second-order valence-corrected chi connectivity index (χ2v) is 5.84. The number of hydrogen-bond donors (Lipinski definition) is 1. The van der Waals surface area contributed by atoms with Crippen molar-refractivity contribution in [3.63, 3.8) is 0 Å². The van der Waals surface area contributed by atoms with Gasteiger partial charge in [-0.05, 0) is 30.0 Å². The summed E-state index contributed by atoms with van der Waals surface area (Å²) in [6, 6.07) is 12.8. The summed E-state index contributed by atoms with van der Waals surface area (Å²) in [6.07, 6.45) is 2.01. The fraction of sp³-hybridized carbons (Fsp3) is 0.125. The highest BCUT2D eigenvalue weighted by Crippen LogP contribution is 2.33. The number of nitro groups is 1. The molecule has 0 amide bonds. The Kier molecular flexibility index (Phi) is 4.97. The molecule has 0 atom stereocenters. The number of nitrogens with one attached hydrogen (secondary N) is 1. The SMILES string of the molecule is O=[N+]([O-])c1c(NCCc2cccs2)ncnc1Oc1ccccc1. The molecular weight excluding hydrogens is 328 g/mol. The number of hydrogen-bond acceptors (Lipinski definition) is 7. The third kappa shape index (κ3) is 3.85. The van der Waals surface area contributed by atoms with Crippen LogP contribution in [0.4, 0.5) is 11.5 Å². The van der Waals surface area contributed by atoms with Crippen LogP contribution in [0.25, 0.3) is 0 Å². The number of ether oxygens (including phenoxy) is 1. The van der Waals surface area contributed by atoms with Crippen molar-refractivity contribution in [1.82, 2.24) is 9.97 Å². The number of anilines is 1. The molecule has 8 heteroatoms. The summed E-state index contributed by atoms with van der Waals surface area (Å²) in [5.74, 6) is 0.543. The van der Waals surface area contributed by atoms with E-state index >= 15 is 0 Å². The Bertz CT molecular complexity index is 809. The second-order valence-electron chi connectivity index (χ2n) is 4.80. The zero-order valence-corrected chi connectivity index (χ0v) is 13.4. The smallest absolute Gasteiger partial charge is 0.373 e. The molecule has 0 radical (unpaired) electrons. The molecule has 0 saturated heterocycles. The minimum absolute atomic E-state index is 0.0835. The molecule has 24 heavy (non-hydrogen) atoms. The van der Waals surface area contributed by atoms with Gasteiger partial charge in [0.25, 0.3) is 0 Å².